The standard InChI is InChI=1S/C15H18O5/c1-17-12-7-10-9(14(18-2)15(12)19-3)6-11(20-10)13(16)8-4-5-8/h6-8,13,16H,4-5H2,1-3H3. The zero-order valence-corrected chi connectivity index (χ0v) is 11.8. The molecule has 1 heterocycles. The molecule has 1 atom stereocenters. The van der Waals surface area contributed by atoms with E-state index in [1.54, 1.807) is 27.4 Å². The monoisotopic (exact) mass is 278 g/mol. The summed E-state index contributed by atoms with van der Waals surface area (Å²) in [6.07, 6.45) is 1.54. The van der Waals surface area contributed by atoms with Gasteiger partial charge in [0.1, 0.15) is 17.4 Å². The summed E-state index contributed by atoms with van der Waals surface area (Å²) in [5.41, 5.74) is 0.620. The second-order valence-corrected chi connectivity index (χ2v) is 4.99. The molecular formula is C15H18O5. The molecule has 20 heavy (non-hydrogen) atoms. The maximum atomic E-state index is 10.2. The van der Waals surface area contributed by atoms with Crippen LogP contribution in [0.3, 0.4) is 0 Å². The molecule has 1 aliphatic rings. The van der Waals surface area contributed by atoms with Gasteiger partial charge in [-0.15, -0.1) is 0 Å². The van der Waals surface area contributed by atoms with Gasteiger partial charge in [-0.3, -0.25) is 0 Å². The summed E-state index contributed by atoms with van der Waals surface area (Å²) in [7, 11) is 4.69. The fourth-order valence-corrected chi connectivity index (χ4v) is 2.47. The third kappa shape index (κ3) is 1.98. The third-order valence-electron chi connectivity index (χ3n) is 3.70. The van der Waals surface area contributed by atoms with Gasteiger partial charge in [0, 0.05) is 6.07 Å². The number of rotatable bonds is 5. The van der Waals surface area contributed by atoms with Crippen LogP contribution in [0, 0.1) is 5.92 Å². The van der Waals surface area contributed by atoms with E-state index in [2.05, 4.69) is 0 Å². The highest BCUT2D eigenvalue weighted by molar-refractivity contribution is 5.90. The summed E-state index contributed by atoms with van der Waals surface area (Å²) in [5, 5.41) is 11.0. The van der Waals surface area contributed by atoms with Crippen LogP contribution in [0.4, 0.5) is 0 Å². The largest absolute Gasteiger partial charge is 0.493 e. The van der Waals surface area contributed by atoms with Crippen molar-refractivity contribution >= 4 is 11.0 Å². The summed E-state index contributed by atoms with van der Waals surface area (Å²) in [6.45, 7) is 0. The van der Waals surface area contributed by atoms with Gasteiger partial charge in [0.25, 0.3) is 0 Å². The van der Waals surface area contributed by atoms with Gasteiger partial charge >= 0.3 is 0 Å². The predicted octanol–water partition coefficient (Wildman–Crippen LogP) is 2.90. The molecule has 0 aliphatic heterocycles. The number of furan rings is 1. The minimum atomic E-state index is -0.552. The Hall–Kier alpha value is -1.88. The van der Waals surface area contributed by atoms with E-state index in [0.717, 1.165) is 18.2 Å². The van der Waals surface area contributed by atoms with Crippen molar-refractivity contribution in [3.05, 3.63) is 17.9 Å². The molecule has 5 nitrogen and oxygen atoms in total. The Balaban J connectivity index is 2.16. The van der Waals surface area contributed by atoms with Crippen LogP contribution in [0.2, 0.25) is 0 Å². The predicted molar refractivity (Wildman–Crippen MR) is 73.6 cm³/mol. The Morgan fingerprint density at radius 3 is 2.35 bits per heavy atom. The van der Waals surface area contributed by atoms with Crippen molar-refractivity contribution in [2.24, 2.45) is 5.92 Å². The number of aliphatic hydroxyl groups is 1. The first-order valence-electron chi connectivity index (χ1n) is 6.60. The number of aliphatic hydroxyl groups excluding tert-OH is 1. The molecule has 1 unspecified atom stereocenters. The van der Waals surface area contributed by atoms with Crippen molar-refractivity contribution in [1.29, 1.82) is 0 Å². The molecular weight excluding hydrogens is 260 g/mol. The van der Waals surface area contributed by atoms with Gasteiger partial charge < -0.3 is 23.7 Å². The minimum absolute atomic E-state index is 0.311. The molecule has 1 saturated carbocycles. The SMILES string of the molecule is COc1cc2oc(C(O)C3CC3)cc2c(OC)c1OC. The van der Waals surface area contributed by atoms with Crippen molar-refractivity contribution in [2.75, 3.05) is 21.3 Å². The molecule has 5 heteroatoms. The van der Waals surface area contributed by atoms with Crippen LogP contribution in [-0.4, -0.2) is 26.4 Å². The van der Waals surface area contributed by atoms with Crippen LogP contribution in [-0.2, 0) is 0 Å². The number of methoxy groups -OCH3 is 3. The lowest BCUT2D eigenvalue weighted by Gasteiger charge is -2.12. The molecule has 1 N–H and O–H groups in total. The lowest BCUT2D eigenvalue weighted by atomic mass is 10.1. The molecule has 108 valence electrons. The second-order valence-electron chi connectivity index (χ2n) is 4.99. The maximum absolute atomic E-state index is 10.2. The van der Waals surface area contributed by atoms with Crippen molar-refractivity contribution in [1.82, 2.24) is 0 Å². The van der Waals surface area contributed by atoms with Crippen LogP contribution in [0.25, 0.3) is 11.0 Å². The summed E-state index contributed by atoms with van der Waals surface area (Å²) in [5.74, 6) is 2.50. The average molecular weight is 278 g/mol. The molecule has 3 rings (SSSR count). The minimum Gasteiger partial charge on any atom is -0.493 e. The van der Waals surface area contributed by atoms with Gasteiger partial charge in [-0.1, -0.05) is 0 Å². The Morgan fingerprint density at radius 2 is 1.80 bits per heavy atom. The molecule has 1 aromatic heterocycles. The number of ether oxygens (including phenoxy) is 3. The number of fused-ring (bicyclic) bond motifs is 1. The molecule has 2 aromatic rings. The topological polar surface area (TPSA) is 61.1 Å². The summed E-state index contributed by atoms with van der Waals surface area (Å²) in [6, 6.07) is 3.57. The van der Waals surface area contributed by atoms with E-state index < -0.39 is 6.10 Å². The molecule has 0 radical (unpaired) electrons. The van der Waals surface area contributed by atoms with Gasteiger partial charge in [-0.2, -0.15) is 0 Å². The van der Waals surface area contributed by atoms with E-state index in [9.17, 15) is 5.11 Å². The smallest absolute Gasteiger partial charge is 0.204 e. The molecule has 0 bridgehead atoms. The Morgan fingerprint density at radius 1 is 1.10 bits per heavy atom. The van der Waals surface area contributed by atoms with Crippen molar-refractivity contribution < 1.29 is 23.7 Å². The van der Waals surface area contributed by atoms with Crippen molar-refractivity contribution in [3.8, 4) is 17.2 Å². The Kier molecular flexibility index (Phi) is 3.22. The molecule has 0 amide bonds. The molecule has 1 fully saturated rings. The van der Waals surface area contributed by atoms with Crippen LogP contribution in [0.15, 0.2) is 16.5 Å². The summed E-state index contributed by atoms with van der Waals surface area (Å²) >= 11 is 0. The van der Waals surface area contributed by atoms with Crippen LogP contribution in [0.5, 0.6) is 17.2 Å². The average Bonchev–Trinajstić information content (AvgIpc) is 3.23. The molecule has 1 aliphatic carbocycles. The summed E-state index contributed by atoms with van der Waals surface area (Å²) < 4.78 is 21.8. The first kappa shape index (κ1) is 13.1. The highest BCUT2D eigenvalue weighted by atomic mass is 16.5. The van der Waals surface area contributed by atoms with Crippen LogP contribution < -0.4 is 14.2 Å². The van der Waals surface area contributed by atoms with Gasteiger partial charge in [-0.25, -0.2) is 0 Å². The first-order chi connectivity index (χ1) is 9.69. The third-order valence-corrected chi connectivity index (χ3v) is 3.70. The fourth-order valence-electron chi connectivity index (χ4n) is 2.47. The van der Waals surface area contributed by atoms with E-state index in [1.165, 1.54) is 0 Å². The van der Waals surface area contributed by atoms with Gasteiger partial charge in [0.15, 0.2) is 11.5 Å². The van der Waals surface area contributed by atoms with Gasteiger partial charge in [0.05, 0.1) is 26.7 Å². The normalized spacial score (nSPS) is 16.2. The van der Waals surface area contributed by atoms with Gasteiger partial charge in [-0.05, 0) is 24.8 Å². The first-order valence-corrected chi connectivity index (χ1v) is 6.60. The van der Waals surface area contributed by atoms with Crippen LogP contribution in [0.1, 0.15) is 24.7 Å². The van der Waals surface area contributed by atoms with Gasteiger partial charge in [0.2, 0.25) is 5.75 Å². The fraction of sp³-hybridized carbons (Fsp3) is 0.467. The number of hydrogen-bond donors (Lipinski definition) is 1. The van der Waals surface area contributed by atoms with Crippen molar-refractivity contribution in [2.45, 2.75) is 18.9 Å². The lowest BCUT2D eigenvalue weighted by molar-refractivity contribution is 0.129. The molecule has 0 spiro atoms. The van der Waals surface area contributed by atoms with E-state index >= 15 is 0 Å². The Labute approximate surface area is 117 Å². The number of hydrogen-bond acceptors (Lipinski definition) is 5. The maximum Gasteiger partial charge on any atom is 0.204 e. The van der Waals surface area contributed by atoms with Crippen LogP contribution >= 0.6 is 0 Å². The van der Waals surface area contributed by atoms with E-state index in [-0.39, 0.29) is 0 Å². The highest BCUT2D eigenvalue weighted by Crippen LogP contribution is 2.47. The van der Waals surface area contributed by atoms with E-state index in [1.807, 2.05) is 6.07 Å². The highest BCUT2D eigenvalue weighted by Gasteiger charge is 2.33. The summed E-state index contributed by atoms with van der Waals surface area (Å²) in [4.78, 5) is 0. The Bertz CT molecular complexity index is 627. The van der Waals surface area contributed by atoms with E-state index in [4.69, 9.17) is 18.6 Å². The number of benzene rings is 1. The zero-order chi connectivity index (χ0) is 14.3. The lowest BCUT2D eigenvalue weighted by Crippen LogP contribution is -1.96. The van der Waals surface area contributed by atoms with Crippen molar-refractivity contribution in [3.63, 3.8) is 0 Å². The molecule has 0 saturated heterocycles. The quantitative estimate of drug-likeness (QED) is 0.911. The second kappa shape index (κ2) is 4.90. The molecule has 1 aromatic carbocycles. The van der Waals surface area contributed by atoms with E-state index in [0.29, 0.717) is 34.5 Å². The zero-order valence-electron chi connectivity index (χ0n) is 11.8.